The largest absolute Gasteiger partial charge is 0.313 e. The Morgan fingerprint density at radius 3 is 2.21 bits per heavy atom. The Bertz CT molecular complexity index is 161. The third-order valence-electron chi connectivity index (χ3n) is 2.54. The molecule has 86 valence electrons. The Balaban J connectivity index is 3.78. The van der Waals surface area contributed by atoms with E-state index >= 15 is 0 Å². The van der Waals surface area contributed by atoms with Gasteiger partial charge in [-0.25, -0.2) is 0 Å². The second kappa shape index (κ2) is 8.42. The van der Waals surface area contributed by atoms with Crippen LogP contribution < -0.4 is 5.32 Å². The molecule has 1 N–H and O–H groups in total. The van der Waals surface area contributed by atoms with E-state index in [0.717, 1.165) is 30.9 Å². The molecule has 0 radical (unpaired) electrons. The van der Waals surface area contributed by atoms with E-state index in [-0.39, 0.29) is 0 Å². The second-order valence-electron chi connectivity index (χ2n) is 3.95. The minimum atomic E-state index is -0.644. The van der Waals surface area contributed by atoms with Crippen LogP contribution in [-0.4, -0.2) is 28.3 Å². The van der Waals surface area contributed by atoms with Crippen LogP contribution in [0.2, 0.25) is 0 Å². The van der Waals surface area contributed by atoms with Crippen molar-refractivity contribution in [3.05, 3.63) is 0 Å². The molecule has 3 unspecified atom stereocenters. The Kier molecular flexibility index (Phi) is 8.49. The van der Waals surface area contributed by atoms with Gasteiger partial charge in [0.15, 0.2) is 0 Å². The van der Waals surface area contributed by atoms with Gasteiger partial charge in [-0.05, 0) is 18.9 Å². The Hall–Kier alpha value is 0.110. The Morgan fingerprint density at radius 2 is 1.79 bits per heavy atom. The molecule has 0 aromatic carbocycles. The van der Waals surface area contributed by atoms with Crippen molar-refractivity contribution in [2.45, 2.75) is 46.6 Å². The van der Waals surface area contributed by atoms with Crippen LogP contribution in [0.5, 0.6) is 0 Å². The SMILES string of the molecule is CCNC(CC)CS(=O)CC(C)CC. The summed E-state index contributed by atoms with van der Waals surface area (Å²) >= 11 is 0. The molecule has 0 bridgehead atoms. The van der Waals surface area contributed by atoms with E-state index < -0.39 is 10.8 Å². The maximum atomic E-state index is 11.7. The van der Waals surface area contributed by atoms with E-state index in [1.165, 1.54) is 0 Å². The number of rotatable bonds is 8. The molecule has 0 aliphatic rings. The lowest BCUT2D eigenvalue weighted by Crippen LogP contribution is -2.34. The zero-order valence-corrected chi connectivity index (χ0v) is 10.8. The Morgan fingerprint density at radius 1 is 1.14 bits per heavy atom. The van der Waals surface area contributed by atoms with Gasteiger partial charge in [0, 0.05) is 28.3 Å². The number of hydrogen-bond acceptors (Lipinski definition) is 2. The summed E-state index contributed by atoms with van der Waals surface area (Å²) in [6.07, 6.45) is 2.20. The van der Waals surface area contributed by atoms with Gasteiger partial charge in [-0.2, -0.15) is 0 Å². The molecule has 0 spiro atoms. The highest BCUT2D eigenvalue weighted by atomic mass is 32.2. The topological polar surface area (TPSA) is 29.1 Å². The molecule has 3 atom stereocenters. The normalized spacial score (nSPS) is 17.7. The van der Waals surface area contributed by atoms with Crippen molar-refractivity contribution >= 4 is 10.8 Å². The minimum absolute atomic E-state index is 0.435. The van der Waals surface area contributed by atoms with Crippen LogP contribution in [0, 0.1) is 5.92 Å². The summed E-state index contributed by atoms with van der Waals surface area (Å²) in [5.74, 6) is 2.27. The van der Waals surface area contributed by atoms with Gasteiger partial charge in [0.2, 0.25) is 0 Å². The summed E-state index contributed by atoms with van der Waals surface area (Å²) in [5.41, 5.74) is 0. The quantitative estimate of drug-likeness (QED) is 0.678. The average Bonchev–Trinajstić information content (AvgIpc) is 2.16. The van der Waals surface area contributed by atoms with Gasteiger partial charge >= 0.3 is 0 Å². The van der Waals surface area contributed by atoms with Crippen LogP contribution >= 0.6 is 0 Å². The first-order chi connectivity index (χ1) is 6.63. The predicted octanol–water partition coefficient (Wildman–Crippen LogP) is 2.17. The van der Waals surface area contributed by atoms with E-state index in [0.29, 0.717) is 12.0 Å². The van der Waals surface area contributed by atoms with Gasteiger partial charge in [-0.15, -0.1) is 0 Å². The fourth-order valence-electron chi connectivity index (χ4n) is 1.34. The van der Waals surface area contributed by atoms with E-state index in [1.807, 2.05) is 0 Å². The molecular weight excluding hydrogens is 194 g/mol. The molecule has 0 saturated carbocycles. The van der Waals surface area contributed by atoms with Crippen molar-refractivity contribution in [2.24, 2.45) is 5.92 Å². The molecule has 0 saturated heterocycles. The molecule has 0 fully saturated rings. The lowest BCUT2D eigenvalue weighted by atomic mass is 10.2. The molecule has 14 heavy (non-hydrogen) atoms. The first kappa shape index (κ1) is 14.1. The van der Waals surface area contributed by atoms with Gasteiger partial charge in [0.25, 0.3) is 0 Å². The lowest BCUT2D eigenvalue weighted by molar-refractivity contribution is 0.548. The molecule has 0 heterocycles. The predicted molar refractivity (Wildman–Crippen MR) is 65.1 cm³/mol. The standard InChI is InChI=1S/C11H25NOS/c1-5-10(4)8-14(13)9-11(6-2)12-7-3/h10-12H,5-9H2,1-4H3. The van der Waals surface area contributed by atoms with Gasteiger partial charge < -0.3 is 5.32 Å². The van der Waals surface area contributed by atoms with Crippen molar-refractivity contribution in [3.8, 4) is 0 Å². The second-order valence-corrected chi connectivity index (χ2v) is 5.50. The molecule has 0 amide bonds. The summed E-state index contributed by atoms with van der Waals surface area (Å²) in [6, 6.07) is 0.435. The fraction of sp³-hybridized carbons (Fsp3) is 1.00. The third kappa shape index (κ3) is 6.55. The smallest absolute Gasteiger partial charge is 0.0388 e. The maximum Gasteiger partial charge on any atom is 0.0388 e. The first-order valence-corrected chi connectivity index (χ1v) is 7.21. The summed E-state index contributed by atoms with van der Waals surface area (Å²) < 4.78 is 11.7. The highest BCUT2D eigenvalue weighted by Crippen LogP contribution is 2.04. The zero-order valence-electron chi connectivity index (χ0n) is 10.0. The summed E-state index contributed by atoms with van der Waals surface area (Å²) in [5, 5.41) is 3.36. The van der Waals surface area contributed by atoms with Crippen LogP contribution in [0.25, 0.3) is 0 Å². The fourth-order valence-corrected chi connectivity index (χ4v) is 3.15. The van der Waals surface area contributed by atoms with Gasteiger partial charge in [0.1, 0.15) is 0 Å². The third-order valence-corrected chi connectivity index (χ3v) is 4.25. The van der Waals surface area contributed by atoms with Crippen LogP contribution in [0.1, 0.15) is 40.5 Å². The highest BCUT2D eigenvalue weighted by molar-refractivity contribution is 7.85. The Labute approximate surface area is 91.3 Å². The summed E-state index contributed by atoms with van der Waals surface area (Å²) in [6.45, 7) is 9.54. The van der Waals surface area contributed by atoms with Crippen molar-refractivity contribution in [2.75, 3.05) is 18.1 Å². The van der Waals surface area contributed by atoms with Crippen molar-refractivity contribution in [1.82, 2.24) is 5.32 Å². The zero-order chi connectivity index (χ0) is 11.0. The van der Waals surface area contributed by atoms with Gasteiger partial charge in [-0.1, -0.05) is 34.1 Å². The van der Waals surface area contributed by atoms with Gasteiger partial charge in [-0.3, -0.25) is 4.21 Å². The summed E-state index contributed by atoms with van der Waals surface area (Å²) in [7, 11) is -0.644. The molecule has 2 nitrogen and oxygen atoms in total. The monoisotopic (exact) mass is 219 g/mol. The highest BCUT2D eigenvalue weighted by Gasteiger charge is 2.11. The van der Waals surface area contributed by atoms with E-state index in [1.54, 1.807) is 0 Å². The maximum absolute atomic E-state index is 11.7. The van der Waals surface area contributed by atoms with Crippen LogP contribution in [0.4, 0.5) is 0 Å². The average molecular weight is 219 g/mol. The van der Waals surface area contributed by atoms with Crippen LogP contribution in [0.15, 0.2) is 0 Å². The molecule has 3 heteroatoms. The lowest BCUT2D eigenvalue weighted by Gasteiger charge is -2.16. The van der Waals surface area contributed by atoms with Crippen LogP contribution in [-0.2, 0) is 10.8 Å². The van der Waals surface area contributed by atoms with Crippen molar-refractivity contribution in [3.63, 3.8) is 0 Å². The molecule has 0 aliphatic carbocycles. The van der Waals surface area contributed by atoms with E-state index in [4.69, 9.17) is 0 Å². The van der Waals surface area contributed by atoms with Gasteiger partial charge in [0.05, 0.1) is 0 Å². The molecule has 0 rings (SSSR count). The van der Waals surface area contributed by atoms with Crippen molar-refractivity contribution < 1.29 is 4.21 Å². The molecule has 0 aliphatic heterocycles. The van der Waals surface area contributed by atoms with E-state index in [9.17, 15) is 4.21 Å². The van der Waals surface area contributed by atoms with E-state index in [2.05, 4.69) is 33.0 Å². The minimum Gasteiger partial charge on any atom is -0.313 e. The first-order valence-electron chi connectivity index (χ1n) is 5.72. The molecule has 0 aromatic heterocycles. The number of nitrogens with one attached hydrogen (secondary N) is 1. The number of hydrogen-bond donors (Lipinski definition) is 1. The molecular formula is C11H25NOS. The van der Waals surface area contributed by atoms with Crippen molar-refractivity contribution in [1.29, 1.82) is 0 Å². The van der Waals surface area contributed by atoms with Crippen LogP contribution in [0.3, 0.4) is 0 Å². The molecule has 0 aromatic rings. The summed E-state index contributed by atoms with van der Waals surface area (Å²) in [4.78, 5) is 0.